The average Bonchev–Trinajstić information content (AvgIpc) is 2.82. The predicted molar refractivity (Wildman–Crippen MR) is 64.4 cm³/mol. The van der Waals surface area contributed by atoms with Crippen LogP contribution in [0.3, 0.4) is 0 Å². The lowest BCUT2D eigenvalue weighted by molar-refractivity contribution is -0.141. The average molecular weight is 247 g/mol. The zero-order valence-electron chi connectivity index (χ0n) is 9.74. The van der Waals surface area contributed by atoms with E-state index in [-0.39, 0.29) is 5.92 Å². The highest BCUT2D eigenvalue weighted by atomic mass is 16.4. The Bertz CT molecular complexity index is 548. The zero-order chi connectivity index (χ0) is 12.5. The molecule has 0 amide bonds. The number of hydrogen-bond acceptors (Lipinski definition) is 5. The molecule has 0 bridgehead atoms. The van der Waals surface area contributed by atoms with E-state index in [1.54, 1.807) is 18.3 Å². The number of carboxylic acids is 1. The van der Waals surface area contributed by atoms with Crippen LogP contribution in [0, 0.1) is 5.92 Å². The highest BCUT2D eigenvalue weighted by Gasteiger charge is 2.27. The number of hydrogen-bond donors (Lipinski definition) is 1. The molecule has 0 spiro atoms. The minimum absolute atomic E-state index is 0.346. The first-order chi connectivity index (χ1) is 8.74. The van der Waals surface area contributed by atoms with Gasteiger partial charge in [-0.1, -0.05) is 0 Å². The molecule has 0 unspecified atom stereocenters. The first-order valence-electron chi connectivity index (χ1n) is 5.93. The third-order valence-electron chi connectivity index (χ3n) is 3.19. The normalized spacial score (nSPS) is 20.2. The summed E-state index contributed by atoms with van der Waals surface area (Å²) in [5.41, 5.74) is 1.19. The van der Waals surface area contributed by atoms with E-state index in [2.05, 4.69) is 9.97 Å². The number of carbonyl (C=O) groups is 1. The van der Waals surface area contributed by atoms with Crippen LogP contribution in [0.25, 0.3) is 11.2 Å². The van der Waals surface area contributed by atoms with Gasteiger partial charge in [-0.25, -0.2) is 4.98 Å². The van der Waals surface area contributed by atoms with Gasteiger partial charge in [-0.15, -0.1) is 0 Å². The summed E-state index contributed by atoms with van der Waals surface area (Å²) in [6.07, 6.45) is 3.21. The molecule has 0 aliphatic carbocycles. The lowest BCUT2D eigenvalue weighted by Gasteiger charge is -2.29. The van der Waals surface area contributed by atoms with Crippen molar-refractivity contribution in [3.05, 3.63) is 18.3 Å². The van der Waals surface area contributed by atoms with Crippen molar-refractivity contribution in [1.29, 1.82) is 0 Å². The molecule has 3 rings (SSSR count). The van der Waals surface area contributed by atoms with Crippen molar-refractivity contribution in [2.75, 3.05) is 18.0 Å². The first-order valence-corrected chi connectivity index (χ1v) is 5.93. The molecule has 18 heavy (non-hydrogen) atoms. The first kappa shape index (κ1) is 11.0. The third-order valence-corrected chi connectivity index (χ3v) is 3.19. The summed E-state index contributed by atoms with van der Waals surface area (Å²) in [6.45, 7) is 1.22. The highest BCUT2D eigenvalue weighted by molar-refractivity contribution is 5.72. The molecule has 2 aromatic rings. The second kappa shape index (κ2) is 4.29. The van der Waals surface area contributed by atoms with Crippen LogP contribution >= 0.6 is 0 Å². The van der Waals surface area contributed by atoms with Gasteiger partial charge >= 0.3 is 5.97 Å². The summed E-state index contributed by atoms with van der Waals surface area (Å²) in [7, 11) is 0. The molecule has 0 radical (unpaired) electrons. The molecule has 0 saturated carbocycles. The second-order valence-corrected chi connectivity index (χ2v) is 4.44. The van der Waals surface area contributed by atoms with Gasteiger partial charge in [-0.05, 0) is 25.0 Å². The van der Waals surface area contributed by atoms with E-state index in [0.717, 1.165) is 13.0 Å². The Balaban J connectivity index is 1.87. The minimum Gasteiger partial charge on any atom is -0.481 e. The Labute approximate surface area is 103 Å². The highest BCUT2D eigenvalue weighted by Crippen LogP contribution is 2.25. The summed E-state index contributed by atoms with van der Waals surface area (Å²) in [4.78, 5) is 21.3. The second-order valence-electron chi connectivity index (χ2n) is 4.44. The maximum atomic E-state index is 11.0. The van der Waals surface area contributed by atoms with Crippen LogP contribution in [0.15, 0.2) is 22.7 Å². The molecule has 0 aromatic carbocycles. The van der Waals surface area contributed by atoms with Crippen LogP contribution in [0.4, 0.5) is 6.01 Å². The summed E-state index contributed by atoms with van der Waals surface area (Å²) in [5, 5.41) is 9.05. The van der Waals surface area contributed by atoms with Crippen LogP contribution in [-0.4, -0.2) is 34.1 Å². The maximum absolute atomic E-state index is 11.0. The molecule has 1 saturated heterocycles. The van der Waals surface area contributed by atoms with Crippen LogP contribution < -0.4 is 4.90 Å². The monoisotopic (exact) mass is 247 g/mol. The van der Waals surface area contributed by atoms with Crippen LogP contribution in [0.1, 0.15) is 12.8 Å². The molecule has 6 nitrogen and oxygen atoms in total. The molecule has 1 atom stereocenters. The molecular weight excluding hydrogens is 234 g/mol. The van der Waals surface area contributed by atoms with Crippen molar-refractivity contribution in [2.45, 2.75) is 12.8 Å². The number of oxazole rings is 1. The summed E-state index contributed by atoms with van der Waals surface area (Å²) in [6, 6.07) is 4.06. The number of fused-ring (bicyclic) bond motifs is 1. The fraction of sp³-hybridized carbons (Fsp3) is 0.417. The Morgan fingerprint density at radius 1 is 1.56 bits per heavy atom. The van der Waals surface area contributed by atoms with E-state index in [9.17, 15) is 4.79 Å². The number of rotatable bonds is 2. The molecule has 3 heterocycles. The van der Waals surface area contributed by atoms with E-state index >= 15 is 0 Å². The number of piperidine rings is 1. The Kier molecular flexibility index (Phi) is 2.62. The maximum Gasteiger partial charge on any atom is 0.308 e. The summed E-state index contributed by atoms with van der Waals surface area (Å²) in [5.74, 6) is -1.10. The van der Waals surface area contributed by atoms with E-state index in [1.807, 2.05) is 4.90 Å². The topological polar surface area (TPSA) is 79.5 Å². The van der Waals surface area contributed by atoms with Gasteiger partial charge in [-0.3, -0.25) is 4.79 Å². The summed E-state index contributed by atoms with van der Waals surface area (Å²) >= 11 is 0. The van der Waals surface area contributed by atoms with Gasteiger partial charge < -0.3 is 14.4 Å². The van der Waals surface area contributed by atoms with Gasteiger partial charge in [0.05, 0.1) is 5.92 Å². The van der Waals surface area contributed by atoms with Crippen molar-refractivity contribution in [3.8, 4) is 0 Å². The van der Waals surface area contributed by atoms with Crippen molar-refractivity contribution in [2.24, 2.45) is 5.92 Å². The smallest absolute Gasteiger partial charge is 0.308 e. The Morgan fingerprint density at radius 3 is 3.22 bits per heavy atom. The van der Waals surface area contributed by atoms with Crippen molar-refractivity contribution in [1.82, 2.24) is 9.97 Å². The standard InChI is InChI=1S/C12H13N3O3/c16-11(17)8-3-2-6-15(7-8)12-14-10-9(18-12)4-1-5-13-10/h1,4-5,8H,2-3,6-7H2,(H,16,17)/t8-/m0/s1. The number of pyridine rings is 1. The van der Waals surface area contributed by atoms with Gasteiger partial charge in [0.15, 0.2) is 5.58 Å². The largest absolute Gasteiger partial charge is 0.481 e. The van der Waals surface area contributed by atoms with Gasteiger partial charge in [-0.2, -0.15) is 4.98 Å². The van der Waals surface area contributed by atoms with Crippen molar-refractivity contribution >= 4 is 23.2 Å². The third kappa shape index (κ3) is 1.90. The SMILES string of the molecule is O=C(O)[C@H]1CCCN(c2nc3ncccc3o2)C1. The molecule has 1 aliphatic heterocycles. The van der Waals surface area contributed by atoms with Gasteiger partial charge in [0, 0.05) is 19.3 Å². The van der Waals surface area contributed by atoms with Gasteiger partial charge in [0.2, 0.25) is 5.65 Å². The van der Waals surface area contributed by atoms with Crippen LogP contribution in [0.2, 0.25) is 0 Å². The number of nitrogens with zero attached hydrogens (tertiary/aromatic N) is 3. The summed E-state index contributed by atoms with van der Waals surface area (Å²) < 4.78 is 5.59. The van der Waals surface area contributed by atoms with E-state index in [0.29, 0.717) is 30.2 Å². The van der Waals surface area contributed by atoms with E-state index < -0.39 is 5.97 Å². The number of aliphatic carboxylic acids is 1. The quantitative estimate of drug-likeness (QED) is 0.866. The molecule has 2 aromatic heterocycles. The number of aromatic nitrogens is 2. The molecule has 1 N–H and O–H groups in total. The van der Waals surface area contributed by atoms with Gasteiger partial charge in [0.25, 0.3) is 6.01 Å². The number of anilines is 1. The van der Waals surface area contributed by atoms with Crippen LogP contribution in [-0.2, 0) is 4.79 Å². The lowest BCUT2D eigenvalue weighted by Crippen LogP contribution is -2.38. The van der Waals surface area contributed by atoms with Crippen LogP contribution in [0.5, 0.6) is 0 Å². The molecular formula is C12H13N3O3. The fourth-order valence-corrected chi connectivity index (χ4v) is 2.25. The Hall–Kier alpha value is -2.11. The lowest BCUT2D eigenvalue weighted by atomic mass is 9.99. The number of carboxylic acid groups (broad SMARTS) is 1. The van der Waals surface area contributed by atoms with Crippen molar-refractivity contribution in [3.63, 3.8) is 0 Å². The van der Waals surface area contributed by atoms with Crippen molar-refractivity contribution < 1.29 is 14.3 Å². The van der Waals surface area contributed by atoms with Gasteiger partial charge in [0.1, 0.15) is 0 Å². The van der Waals surface area contributed by atoms with E-state index in [4.69, 9.17) is 9.52 Å². The molecule has 1 fully saturated rings. The molecule has 6 heteroatoms. The molecule has 94 valence electrons. The van der Waals surface area contributed by atoms with E-state index in [1.165, 1.54) is 0 Å². The predicted octanol–water partition coefficient (Wildman–Crippen LogP) is 1.52. The molecule has 1 aliphatic rings. The Morgan fingerprint density at radius 2 is 2.44 bits per heavy atom. The minimum atomic E-state index is -0.756. The zero-order valence-corrected chi connectivity index (χ0v) is 9.74. The fourth-order valence-electron chi connectivity index (χ4n) is 2.25.